The van der Waals surface area contributed by atoms with Crippen molar-refractivity contribution in [3.05, 3.63) is 54.6 Å². The summed E-state index contributed by atoms with van der Waals surface area (Å²) in [5, 5.41) is 3.54. The summed E-state index contributed by atoms with van der Waals surface area (Å²) in [4.78, 5) is 1.33. The van der Waals surface area contributed by atoms with Crippen molar-refractivity contribution in [3.8, 4) is 0 Å². The van der Waals surface area contributed by atoms with Crippen LogP contribution in [0.1, 0.15) is 29.0 Å². The summed E-state index contributed by atoms with van der Waals surface area (Å²) >= 11 is 8.79. The van der Waals surface area contributed by atoms with Gasteiger partial charge >= 0.3 is 0 Å². The summed E-state index contributed by atoms with van der Waals surface area (Å²) in [6, 6.07) is 11.2. The lowest BCUT2D eigenvalue weighted by atomic mass is 10.1. The van der Waals surface area contributed by atoms with Gasteiger partial charge in [-0.1, -0.05) is 29.8 Å². The summed E-state index contributed by atoms with van der Waals surface area (Å²) in [7, 11) is 0. The van der Waals surface area contributed by atoms with Crippen LogP contribution in [0.5, 0.6) is 0 Å². The minimum atomic E-state index is 0.366. The third kappa shape index (κ3) is 3.67. The Balaban J connectivity index is 1.95. The second-order valence-corrected chi connectivity index (χ2v) is 7.66. The van der Waals surface area contributed by atoms with Crippen molar-refractivity contribution in [1.82, 2.24) is 5.32 Å². The van der Waals surface area contributed by atoms with Crippen molar-refractivity contribution >= 4 is 43.2 Å². The normalized spacial score (nSPS) is 12.7. The van der Waals surface area contributed by atoms with Gasteiger partial charge in [-0.05, 0) is 57.3 Å². The molecule has 0 amide bonds. The molecule has 0 radical (unpaired) electrons. The molecule has 1 N–H and O–H groups in total. The highest BCUT2D eigenvalue weighted by atomic mass is 79.9. The van der Waals surface area contributed by atoms with Gasteiger partial charge in [-0.3, -0.25) is 0 Å². The molecule has 0 aliphatic carbocycles. The molecule has 0 saturated heterocycles. The predicted octanol–water partition coefficient (Wildman–Crippen LogP) is 5.43. The van der Waals surface area contributed by atoms with E-state index in [1.165, 1.54) is 16.0 Å². The van der Waals surface area contributed by atoms with Crippen LogP contribution < -0.4 is 5.32 Å². The maximum atomic E-state index is 3.54. The molecule has 0 bridgehead atoms. The Morgan fingerprint density at radius 3 is 2.44 bits per heavy atom. The van der Waals surface area contributed by atoms with Gasteiger partial charge in [0.25, 0.3) is 0 Å². The first-order chi connectivity index (χ1) is 8.56. The molecule has 1 unspecified atom stereocenters. The molecule has 2 aromatic rings. The van der Waals surface area contributed by atoms with Crippen molar-refractivity contribution < 1.29 is 0 Å². The Morgan fingerprint density at radius 1 is 1.22 bits per heavy atom. The molecule has 96 valence electrons. The minimum absolute atomic E-state index is 0.366. The van der Waals surface area contributed by atoms with E-state index >= 15 is 0 Å². The lowest BCUT2D eigenvalue weighted by Crippen LogP contribution is -2.17. The van der Waals surface area contributed by atoms with Crippen molar-refractivity contribution in [1.29, 1.82) is 0 Å². The molecule has 1 aromatic carbocycles. The summed E-state index contributed by atoms with van der Waals surface area (Å²) in [6.45, 7) is 5.20. The fourth-order valence-corrected chi connectivity index (χ4v) is 3.83. The molecule has 0 fully saturated rings. The fourth-order valence-electron chi connectivity index (χ4n) is 1.71. The van der Waals surface area contributed by atoms with Crippen LogP contribution >= 0.6 is 43.2 Å². The Bertz CT molecular complexity index is 500. The number of rotatable bonds is 4. The highest BCUT2D eigenvalue weighted by Crippen LogP contribution is 2.32. The van der Waals surface area contributed by atoms with Gasteiger partial charge in [0.15, 0.2) is 0 Å². The van der Waals surface area contributed by atoms with Crippen LogP contribution in [0.2, 0.25) is 0 Å². The third-order valence-electron chi connectivity index (χ3n) is 2.86. The zero-order chi connectivity index (χ0) is 13.1. The number of benzene rings is 1. The fraction of sp³-hybridized carbons (Fsp3) is 0.286. The molecule has 4 heteroatoms. The molecule has 0 aliphatic heterocycles. The first kappa shape index (κ1) is 14.3. The van der Waals surface area contributed by atoms with E-state index in [0.29, 0.717) is 6.04 Å². The predicted molar refractivity (Wildman–Crippen MR) is 86.2 cm³/mol. The maximum absolute atomic E-state index is 3.54. The smallest absolute Gasteiger partial charge is 0.0843 e. The van der Waals surface area contributed by atoms with Crippen LogP contribution in [0.3, 0.4) is 0 Å². The molecule has 0 spiro atoms. The first-order valence-electron chi connectivity index (χ1n) is 5.80. The van der Waals surface area contributed by atoms with Crippen LogP contribution in [-0.2, 0) is 6.54 Å². The van der Waals surface area contributed by atoms with Gasteiger partial charge in [-0.2, -0.15) is 0 Å². The molecule has 1 heterocycles. The highest BCUT2D eigenvalue weighted by Gasteiger charge is 2.07. The Labute approximate surface area is 129 Å². The van der Waals surface area contributed by atoms with Gasteiger partial charge in [-0.25, -0.2) is 0 Å². The maximum Gasteiger partial charge on any atom is 0.0843 e. The second kappa shape index (κ2) is 6.33. The lowest BCUT2D eigenvalue weighted by molar-refractivity contribution is 0.579. The zero-order valence-corrected chi connectivity index (χ0v) is 14.3. The molecule has 1 atom stereocenters. The average Bonchev–Trinajstić information content (AvgIpc) is 2.67. The largest absolute Gasteiger partial charge is 0.305 e. The van der Waals surface area contributed by atoms with Crippen molar-refractivity contribution in [2.24, 2.45) is 0 Å². The summed E-state index contributed by atoms with van der Waals surface area (Å²) in [5.41, 5.74) is 2.63. The van der Waals surface area contributed by atoms with Crippen LogP contribution in [0, 0.1) is 6.92 Å². The SMILES string of the molecule is Cc1ccc(C(C)NCc2cc(Br)c(Br)s2)cc1. The average molecular weight is 389 g/mol. The van der Waals surface area contributed by atoms with E-state index in [4.69, 9.17) is 0 Å². The Hall–Kier alpha value is -0.160. The highest BCUT2D eigenvalue weighted by molar-refractivity contribution is 9.13. The molecular weight excluding hydrogens is 374 g/mol. The summed E-state index contributed by atoms with van der Waals surface area (Å²) < 4.78 is 2.29. The number of thiophene rings is 1. The van der Waals surface area contributed by atoms with Crippen molar-refractivity contribution in [3.63, 3.8) is 0 Å². The van der Waals surface area contributed by atoms with Crippen LogP contribution in [0.4, 0.5) is 0 Å². The van der Waals surface area contributed by atoms with Gasteiger partial charge in [0, 0.05) is 21.9 Å². The number of hydrogen-bond donors (Lipinski definition) is 1. The van der Waals surface area contributed by atoms with Crippen molar-refractivity contribution in [2.75, 3.05) is 0 Å². The minimum Gasteiger partial charge on any atom is -0.305 e. The Kier molecular flexibility index (Phi) is 5.01. The van der Waals surface area contributed by atoms with E-state index in [-0.39, 0.29) is 0 Å². The lowest BCUT2D eigenvalue weighted by Gasteiger charge is -2.13. The van der Waals surface area contributed by atoms with Gasteiger partial charge in [0.2, 0.25) is 0 Å². The van der Waals surface area contributed by atoms with Crippen molar-refractivity contribution in [2.45, 2.75) is 26.4 Å². The van der Waals surface area contributed by atoms with E-state index in [9.17, 15) is 0 Å². The summed E-state index contributed by atoms with van der Waals surface area (Å²) in [5.74, 6) is 0. The van der Waals surface area contributed by atoms with Gasteiger partial charge < -0.3 is 5.32 Å². The third-order valence-corrected chi connectivity index (χ3v) is 6.11. The van der Waals surface area contributed by atoms with Crippen LogP contribution in [-0.4, -0.2) is 0 Å². The van der Waals surface area contributed by atoms with Gasteiger partial charge in [0.05, 0.1) is 3.79 Å². The first-order valence-corrected chi connectivity index (χ1v) is 8.20. The van der Waals surface area contributed by atoms with E-state index in [0.717, 1.165) is 14.8 Å². The molecule has 2 rings (SSSR count). The standard InChI is InChI=1S/C14H15Br2NS/c1-9-3-5-11(6-4-9)10(2)17-8-12-7-13(15)14(16)18-12/h3-7,10,17H,8H2,1-2H3. The molecule has 0 aliphatic rings. The monoisotopic (exact) mass is 387 g/mol. The quantitative estimate of drug-likeness (QED) is 0.735. The number of hydrogen-bond acceptors (Lipinski definition) is 2. The van der Waals surface area contributed by atoms with E-state index < -0.39 is 0 Å². The molecule has 1 nitrogen and oxygen atoms in total. The van der Waals surface area contributed by atoms with Crippen LogP contribution in [0.25, 0.3) is 0 Å². The van der Waals surface area contributed by atoms with Gasteiger partial charge in [0.1, 0.15) is 0 Å². The van der Waals surface area contributed by atoms with E-state index in [2.05, 4.69) is 81.4 Å². The second-order valence-electron chi connectivity index (χ2n) is 4.35. The number of aryl methyl sites for hydroxylation is 1. The topological polar surface area (TPSA) is 12.0 Å². The molecule has 0 saturated carbocycles. The molecule has 18 heavy (non-hydrogen) atoms. The zero-order valence-electron chi connectivity index (χ0n) is 10.3. The summed E-state index contributed by atoms with van der Waals surface area (Å²) in [6.07, 6.45) is 0. The Morgan fingerprint density at radius 2 is 1.89 bits per heavy atom. The van der Waals surface area contributed by atoms with E-state index in [1.54, 1.807) is 11.3 Å². The number of halogens is 2. The molecule has 1 aromatic heterocycles. The van der Waals surface area contributed by atoms with Crippen LogP contribution in [0.15, 0.2) is 38.6 Å². The van der Waals surface area contributed by atoms with E-state index in [1.807, 2.05) is 0 Å². The number of nitrogens with one attached hydrogen (secondary N) is 1. The molecular formula is C14H15Br2NS. The van der Waals surface area contributed by atoms with Gasteiger partial charge in [-0.15, -0.1) is 11.3 Å².